The lowest BCUT2D eigenvalue weighted by Gasteiger charge is -2.37. The number of pyridine rings is 1. The number of aromatic nitrogens is 1. The van der Waals surface area contributed by atoms with Gasteiger partial charge in [0.15, 0.2) is 0 Å². The highest BCUT2D eigenvalue weighted by molar-refractivity contribution is 7.10. The van der Waals surface area contributed by atoms with Gasteiger partial charge in [-0.15, -0.1) is 11.3 Å². The highest BCUT2D eigenvalue weighted by atomic mass is 32.1. The summed E-state index contributed by atoms with van der Waals surface area (Å²) in [6, 6.07) is 9.68. The Hall–Kier alpha value is -2.48. The van der Waals surface area contributed by atoms with E-state index >= 15 is 0 Å². The predicted octanol–water partition coefficient (Wildman–Crippen LogP) is 5.47. The molecule has 3 heterocycles. The number of likely N-dealkylation sites (tertiary alicyclic amines) is 1. The number of methoxy groups -OCH3 is 1. The van der Waals surface area contributed by atoms with Crippen LogP contribution in [-0.2, 0) is 11.2 Å². The molecule has 0 aliphatic carbocycles. The van der Waals surface area contributed by atoms with Crippen LogP contribution < -0.4 is 4.74 Å². The largest absolute Gasteiger partial charge is 0.497 e. The van der Waals surface area contributed by atoms with Crippen molar-refractivity contribution < 1.29 is 19.7 Å². The second-order valence-corrected chi connectivity index (χ2v) is 10.7. The van der Waals surface area contributed by atoms with E-state index < -0.39 is 12.1 Å². The fourth-order valence-electron chi connectivity index (χ4n) is 5.27. The predicted molar refractivity (Wildman–Crippen MR) is 140 cm³/mol. The van der Waals surface area contributed by atoms with Gasteiger partial charge in [0.25, 0.3) is 0 Å². The summed E-state index contributed by atoms with van der Waals surface area (Å²) in [7, 11) is 1.62. The van der Waals surface area contributed by atoms with Crippen LogP contribution in [0.2, 0.25) is 0 Å². The molecule has 35 heavy (non-hydrogen) atoms. The van der Waals surface area contributed by atoms with Gasteiger partial charge in [-0.1, -0.05) is 0 Å². The van der Waals surface area contributed by atoms with Gasteiger partial charge in [-0.05, 0) is 111 Å². The number of aliphatic carboxylic acids is 1. The zero-order valence-corrected chi connectivity index (χ0v) is 21.5. The van der Waals surface area contributed by atoms with Crippen LogP contribution in [0.5, 0.6) is 5.75 Å². The lowest BCUT2D eigenvalue weighted by Crippen LogP contribution is -2.44. The number of hydrogen-bond donors (Lipinski definition) is 2. The number of carboxylic acid groups (broad SMARTS) is 1. The summed E-state index contributed by atoms with van der Waals surface area (Å²) in [6.45, 7) is 4.65. The van der Waals surface area contributed by atoms with E-state index in [0.717, 1.165) is 61.0 Å². The number of carboxylic acids is 1. The van der Waals surface area contributed by atoms with Crippen LogP contribution in [0.4, 0.5) is 0 Å². The van der Waals surface area contributed by atoms with Gasteiger partial charge in [0, 0.05) is 23.0 Å². The van der Waals surface area contributed by atoms with Crippen LogP contribution in [0, 0.1) is 18.8 Å². The molecular formula is C28H36N2O4S. The summed E-state index contributed by atoms with van der Waals surface area (Å²) in [6.07, 6.45) is 6.46. The van der Waals surface area contributed by atoms with Gasteiger partial charge < -0.3 is 19.8 Å². The summed E-state index contributed by atoms with van der Waals surface area (Å²) in [5.74, 6) is -0.301. The smallest absolute Gasteiger partial charge is 0.308 e. The third-order valence-corrected chi connectivity index (χ3v) is 8.49. The molecule has 7 heteroatoms. The second kappa shape index (κ2) is 12.0. The molecular weight excluding hydrogens is 460 g/mol. The lowest BCUT2D eigenvalue weighted by molar-refractivity contribution is -0.146. The number of benzene rings is 1. The van der Waals surface area contributed by atoms with Crippen molar-refractivity contribution in [2.24, 2.45) is 11.8 Å². The van der Waals surface area contributed by atoms with Crippen LogP contribution in [-0.4, -0.2) is 52.8 Å². The normalized spacial score (nSPS) is 19.6. The fraction of sp³-hybridized carbons (Fsp3) is 0.500. The lowest BCUT2D eigenvalue weighted by atomic mass is 9.81. The third-order valence-electron chi connectivity index (χ3n) is 7.41. The minimum absolute atomic E-state index is 0.0785. The first-order valence-electron chi connectivity index (χ1n) is 12.5. The first-order valence-corrected chi connectivity index (χ1v) is 13.4. The molecule has 3 aromatic rings. The first kappa shape index (κ1) is 25.6. The Kier molecular flexibility index (Phi) is 8.76. The van der Waals surface area contributed by atoms with E-state index in [1.807, 2.05) is 35.6 Å². The van der Waals surface area contributed by atoms with Gasteiger partial charge in [0.2, 0.25) is 0 Å². The number of thiophene rings is 1. The maximum Gasteiger partial charge on any atom is 0.308 e. The Bertz CT molecular complexity index is 1130. The van der Waals surface area contributed by atoms with E-state index in [9.17, 15) is 15.0 Å². The molecule has 0 saturated carbocycles. The van der Waals surface area contributed by atoms with Crippen molar-refractivity contribution in [3.05, 3.63) is 57.9 Å². The average molecular weight is 497 g/mol. The quantitative estimate of drug-likeness (QED) is 0.343. The molecule has 6 nitrogen and oxygen atoms in total. The SMILES string of the molecule is COc1ccc2nccc([C@H](O)CC[C@@H]3CCN(CCCCc4sccc4C)C[C@@H]3C(=O)O)c2c1. The molecule has 1 aromatic carbocycles. The molecule has 2 N–H and O–H groups in total. The molecule has 2 aromatic heterocycles. The van der Waals surface area contributed by atoms with E-state index in [-0.39, 0.29) is 11.8 Å². The van der Waals surface area contributed by atoms with E-state index in [1.165, 1.54) is 10.4 Å². The maximum absolute atomic E-state index is 12.1. The van der Waals surface area contributed by atoms with Crippen molar-refractivity contribution in [2.75, 3.05) is 26.7 Å². The molecule has 4 rings (SSSR count). The number of ether oxygens (including phenoxy) is 1. The van der Waals surface area contributed by atoms with E-state index in [2.05, 4.69) is 28.3 Å². The highest BCUT2D eigenvalue weighted by Crippen LogP contribution is 2.34. The molecule has 3 atom stereocenters. The van der Waals surface area contributed by atoms with E-state index in [0.29, 0.717) is 19.4 Å². The number of aliphatic hydroxyl groups is 1. The number of aryl methyl sites for hydroxylation is 2. The van der Waals surface area contributed by atoms with Gasteiger partial charge in [0.05, 0.1) is 24.6 Å². The van der Waals surface area contributed by atoms with Crippen molar-refractivity contribution in [2.45, 2.75) is 51.6 Å². The number of hydrogen-bond acceptors (Lipinski definition) is 6. The Labute approximate surface area is 211 Å². The number of rotatable bonds is 11. The fourth-order valence-corrected chi connectivity index (χ4v) is 6.22. The number of piperidine rings is 1. The summed E-state index contributed by atoms with van der Waals surface area (Å²) in [4.78, 5) is 20.3. The number of fused-ring (bicyclic) bond motifs is 1. The van der Waals surface area contributed by atoms with Gasteiger partial charge in [-0.3, -0.25) is 9.78 Å². The molecule has 188 valence electrons. The molecule has 1 aliphatic heterocycles. The summed E-state index contributed by atoms with van der Waals surface area (Å²) in [5, 5.41) is 24.0. The minimum atomic E-state index is -0.720. The van der Waals surface area contributed by atoms with Gasteiger partial charge in [-0.2, -0.15) is 0 Å². The number of nitrogens with zero attached hydrogens (tertiary/aromatic N) is 2. The monoisotopic (exact) mass is 496 g/mol. The maximum atomic E-state index is 12.1. The molecule has 0 radical (unpaired) electrons. The van der Waals surface area contributed by atoms with E-state index in [1.54, 1.807) is 13.3 Å². The van der Waals surface area contributed by atoms with Crippen molar-refractivity contribution in [1.82, 2.24) is 9.88 Å². The average Bonchev–Trinajstić information content (AvgIpc) is 3.29. The van der Waals surface area contributed by atoms with Crippen molar-refractivity contribution in [3.8, 4) is 5.75 Å². The van der Waals surface area contributed by atoms with Gasteiger partial charge in [-0.25, -0.2) is 0 Å². The van der Waals surface area contributed by atoms with Crippen LogP contribution in [0.25, 0.3) is 10.9 Å². The van der Waals surface area contributed by atoms with Gasteiger partial charge in [0.1, 0.15) is 5.75 Å². The molecule has 0 unspecified atom stereocenters. The minimum Gasteiger partial charge on any atom is -0.497 e. The van der Waals surface area contributed by atoms with Crippen LogP contribution in [0.1, 0.15) is 54.2 Å². The Morgan fingerprint density at radius 3 is 2.89 bits per heavy atom. The van der Waals surface area contributed by atoms with Crippen LogP contribution in [0.15, 0.2) is 41.9 Å². The summed E-state index contributed by atoms with van der Waals surface area (Å²) in [5.41, 5.74) is 3.01. The molecule has 1 saturated heterocycles. The summed E-state index contributed by atoms with van der Waals surface area (Å²) < 4.78 is 5.34. The van der Waals surface area contributed by atoms with Crippen LogP contribution in [0.3, 0.4) is 0 Å². The number of unbranched alkanes of at least 4 members (excludes halogenated alkanes) is 1. The Morgan fingerprint density at radius 1 is 1.29 bits per heavy atom. The topological polar surface area (TPSA) is 82.9 Å². The van der Waals surface area contributed by atoms with Gasteiger partial charge >= 0.3 is 5.97 Å². The molecule has 0 bridgehead atoms. The van der Waals surface area contributed by atoms with Crippen molar-refractivity contribution in [3.63, 3.8) is 0 Å². The molecule has 1 aliphatic rings. The zero-order valence-electron chi connectivity index (χ0n) is 20.7. The summed E-state index contributed by atoms with van der Waals surface area (Å²) >= 11 is 1.83. The number of carbonyl (C=O) groups is 1. The molecule has 0 spiro atoms. The number of aliphatic hydroxyl groups excluding tert-OH is 1. The standard InChI is InChI=1S/C28H36N2O4S/c1-19-12-16-35-27(19)5-3-4-14-30-15-11-20(24(18-30)28(32)33)6-9-26(31)22-10-13-29-25-8-7-21(34-2)17-23(22)25/h7-8,10,12-13,16-17,20,24,26,31H,3-6,9,11,14-15,18H2,1-2H3,(H,32,33)/t20-,24+,26-/m1/s1. The third kappa shape index (κ3) is 6.40. The molecule has 1 fully saturated rings. The molecule has 0 amide bonds. The van der Waals surface area contributed by atoms with Crippen molar-refractivity contribution in [1.29, 1.82) is 0 Å². The van der Waals surface area contributed by atoms with Crippen molar-refractivity contribution >= 4 is 28.2 Å². The Morgan fingerprint density at radius 2 is 2.14 bits per heavy atom. The first-order chi connectivity index (χ1) is 17.0. The second-order valence-electron chi connectivity index (χ2n) is 9.65. The highest BCUT2D eigenvalue weighted by Gasteiger charge is 2.34. The van der Waals surface area contributed by atoms with E-state index in [4.69, 9.17) is 4.74 Å². The Balaban J connectivity index is 1.30. The van der Waals surface area contributed by atoms with Crippen LogP contribution >= 0.6 is 11.3 Å². The zero-order chi connectivity index (χ0) is 24.8.